The molecule has 2 aromatic rings. The highest BCUT2D eigenvalue weighted by Crippen LogP contribution is 2.15. The normalized spacial score (nSPS) is 12.2. The van der Waals surface area contributed by atoms with E-state index in [9.17, 15) is 0 Å². The third kappa shape index (κ3) is 2.70. The van der Waals surface area contributed by atoms with E-state index in [0.29, 0.717) is 24.2 Å². The van der Waals surface area contributed by atoms with Crippen LogP contribution in [0.2, 0.25) is 0 Å². The van der Waals surface area contributed by atoms with Gasteiger partial charge in [0, 0.05) is 31.8 Å². The second-order valence-corrected chi connectivity index (χ2v) is 3.95. The molecule has 0 spiro atoms. The van der Waals surface area contributed by atoms with E-state index in [2.05, 4.69) is 30.6 Å². The fourth-order valence-electron chi connectivity index (χ4n) is 1.58. The summed E-state index contributed by atoms with van der Waals surface area (Å²) in [6.07, 6.45) is 1.66. The lowest BCUT2D eigenvalue weighted by molar-refractivity contribution is 0.396. The van der Waals surface area contributed by atoms with E-state index in [-0.39, 0.29) is 5.92 Å². The van der Waals surface area contributed by atoms with Crippen molar-refractivity contribution in [2.45, 2.75) is 12.8 Å². The number of nitrogens with zero attached hydrogens (tertiary/aromatic N) is 6. The maximum Gasteiger partial charge on any atom is 0.228 e. The van der Waals surface area contributed by atoms with Crippen molar-refractivity contribution < 1.29 is 4.74 Å². The summed E-state index contributed by atoms with van der Waals surface area (Å²) in [6.45, 7) is 2.70. The maximum absolute atomic E-state index is 5.06. The van der Waals surface area contributed by atoms with Gasteiger partial charge in [-0.1, -0.05) is 12.1 Å². The Bertz CT molecular complexity index is 487. The molecule has 18 heavy (non-hydrogen) atoms. The van der Waals surface area contributed by atoms with Crippen LogP contribution >= 0.6 is 0 Å². The van der Waals surface area contributed by atoms with Crippen molar-refractivity contribution in [3.8, 4) is 5.88 Å². The van der Waals surface area contributed by atoms with Crippen LogP contribution in [0.4, 0.5) is 5.95 Å². The quantitative estimate of drug-likeness (QED) is 0.811. The van der Waals surface area contributed by atoms with Gasteiger partial charge in [0.1, 0.15) is 0 Å². The summed E-state index contributed by atoms with van der Waals surface area (Å²) < 4.78 is 5.06. The van der Waals surface area contributed by atoms with Crippen molar-refractivity contribution in [2.75, 3.05) is 25.6 Å². The standard InChI is InChI=1S/C10H15N7O/c1-7(9-13-15-16-14-9)6-17(2)10-11-5-4-8(12-10)18-3/h4-5,7H,6H2,1-3H3,(H,13,14,15,16). The predicted molar refractivity (Wildman–Crippen MR) is 64.4 cm³/mol. The molecule has 2 aromatic heterocycles. The van der Waals surface area contributed by atoms with Crippen LogP contribution in [0.15, 0.2) is 12.3 Å². The van der Waals surface area contributed by atoms with Crippen LogP contribution in [0.3, 0.4) is 0 Å². The molecule has 0 amide bonds. The number of methoxy groups -OCH3 is 1. The monoisotopic (exact) mass is 249 g/mol. The van der Waals surface area contributed by atoms with Crippen molar-refractivity contribution in [3.05, 3.63) is 18.1 Å². The van der Waals surface area contributed by atoms with Crippen molar-refractivity contribution in [2.24, 2.45) is 0 Å². The Morgan fingerprint density at radius 2 is 2.33 bits per heavy atom. The number of ether oxygens (including phenoxy) is 1. The summed E-state index contributed by atoms with van der Waals surface area (Å²) in [7, 11) is 3.49. The zero-order valence-electron chi connectivity index (χ0n) is 10.5. The number of anilines is 1. The summed E-state index contributed by atoms with van der Waals surface area (Å²) in [5.74, 6) is 1.94. The van der Waals surface area contributed by atoms with Crippen LogP contribution in [0, 0.1) is 0 Å². The number of aromatic amines is 1. The van der Waals surface area contributed by atoms with Gasteiger partial charge in [-0.25, -0.2) is 4.98 Å². The Labute approximate surface area is 104 Å². The lowest BCUT2D eigenvalue weighted by Gasteiger charge is -2.19. The van der Waals surface area contributed by atoms with Crippen LogP contribution in [0.1, 0.15) is 18.7 Å². The first-order valence-electron chi connectivity index (χ1n) is 5.52. The fourth-order valence-corrected chi connectivity index (χ4v) is 1.58. The number of hydrogen-bond acceptors (Lipinski definition) is 7. The van der Waals surface area contributed by atoms with Gasteiger partial charge in [0.15, 0.2) is 5.82 Å². The van der Waals surface area contributed by atoms with Gasteiger partial charge in [-0.15, -0.1) is 10.2 Å². The van der Waals surface area contributed by atoms with E-state index in [1.807, 2.05) is 18.9 Å². The summed E-state index contributed by atoms with van der Waals surface area (Å²) in [4.78, 5) is 10.4. The van der Waals surface area contributed by atoms with Crippen LogP contribution in [-0.4, -0.2) is 51.3 Å². The minimum Gasteiger partial charge on any atom is -0.481 e. The molecular formula is C10H15N7O. The smallest absolute Gasteiger partial charge is 0.228 e. The van der Waals surface area contributed by atoms with Crippen LogP contribution in [-0.2, 0) is 0 Å². The largest absolute Gasteiger partial charge is 0.481 e. The van der Waals surface area contributed by atoms with Gasteiger partial charge < -0.3 is 9.64 Å². The molecule has 1 N–H and O–H groups in total. The molecule has 0 saturated heterocycles. The first-order chi connectivity index (χ1) is 8.70. The van der Waals surface area contributed by atoms with Crippen molar-refractivity contribution in [3.63, 3.8) is 0 Å². The zero-order chi connectivity index (χ0) is 13.0. The Morgan fingerprint density at radius 1 is 1.50 bits per heavy atom. The van der Waals surface area contributed by atoms with Crippen LogP contribution < -0.4 is 9.64 Å². The molecule has 2 heterocycles. The third-order valence-corrected chi connectivity index (χ3v) is 2.52. The van der Waals surface area contributed by atoms with Crippen molar-refractivity contribution in [1.82, 2.24) is 30.6 Å². The average Bonchev–Trinajstić information content (AvgIpc) is 2.92. The first-order valence-corrected chi connectivity index (χ1v) is 5.52. The van der Waals surface area contributed by atoms with Gasteiger partial charge in [-0.05, 0) is 0 Å². The van der Waals surface area contributed by atoms with Gasteiger partial charge in [0.2, 0.25) is 11.8 Å². The Kier molecular flexibility index (Phi) is 3.66. The third-order valence-electron chi connectivity index (χ3n) is 2.52. The van der Waals surface area contributed by atoms with E-state index in [0.717, 1.165) is 0 Å². The number of rotatable bonds is 5. The fraction of sp³-hybridized carbons (Fsp3) is 0.500. The molecule has 0 aliphatic rings. The molecule has 0 aliphatic carbocycles. The molecule has 0 aromatic carbocycles. The lowest BCUT2D eigenvalue weighted by Crippen LogP contribution is -2.25. The molecule has 0 fully saturated rings. The predicted octanol–water partition coefficient (Wildman–Crippen LogP) is 0.238. The van der Waals surface area contributed by atoms with E-state index in [4.69, 9.17) is 4.74 Å². The molecule has 0 radical (unpaired) electrons. The van der Waals surface area contributed by atoms with E-state index < -0.39 is 0 Å². The molecular weight excluding hydrogens is 234 g/mol. The SMILES string of the molecule is COc1ccnc(N(C)CC(C)c2nn[nH]n2)n1. The number of nitrogens with one attached hydrogen (secondary N) is 1. The summed E-state index contributed by atoms with van der Waals surface area (Å²) in [5, 5.41) is 13.9. The summed E-state index contributed by atoms with van der Waals surface area (Å²) >= 11 is 0. The number of aromatic nitrogens is 6. The highest BCUT2D eigenvalue weighted by Gasteiger charge is 2.15. The van der Waals surface area contributed by atoms with Gasteiger partial charge in [-0.3, -0.25) is 0 Å². The van der Waals surface area contributed by atoms with Gasteiger partial charge in [0.25, 0.3) is 0 Å². The Balaban J connectivity index is 2.04. The van der Waals surface area contributed by atoms with E-state index in [1.165, 1.54) is 0 Å². The van der Waals surface area contributed by atoms with Gasteiger partial charge in [-0.2, -0.15) is 10.2 Å². The van der Waals surface area contributed by atoms with Crippen molar-refractivity contribution in [1.29, 1.82) is 0 Å². The first kappa shape index (κ1) is 12.2. The van der Waals surface area contributed by atoms with E-state index >= 15 is 0 Å². The minimum atomic E-state index is 0.128. The van der Waals surface area contributed by atoms with Crippen LogP contribution in [0.5, 0.6) is 5.88 Å². The number of likely N-dealkylation sites (N-methyl/N-ethyl adjacent to an activating group) is 1. The number of hydrogen-bond donors (Lipinski definition) is 1. The molecule has 0 saturated carbocycles. The van der Waals surface area contributed by atoms with Crippen LogP contribution in [0.25, 0.3) is 0 Å². The zero-order valence-corrected chi connectivity index (χ0v) is 10.5. The molecule has 0 aliphatic heterocycles. The minimum absolute atomic E-state index is 0.128. The maximum atomic E-state index is 5.06. The summed E-state index contributed by atoms with van der Waals surface area (Å²) in [5.41, 5.74) is 0. The van der Waals surface area contributed by atoms with Gasteiger partial charge in [0.05, 0.1) is 7.11 Å². The Morgan fingerprint density at radius 3 is 3.00 bits per heavy atom. The molecule has 8 heteroatoms. The molecule has 1 atom stereocenters. The molecule has 1 unspecified atom stereocenters. The second kappa shape index (κ2) is 5.39. The number of H-pyrrole nitrogens is 1. The van der Waals surface area contributed by atoms with E-state index in [1.54, 1.807) is 19.4 Å². The molecule has 2 rings (SSSR count). The second-order valence-electron chi connectivity index (χ2n) is 3.95. The average molecular weight is 249 g/mol. The Hall–Kier alpha value is -2.25. The van der Waals surface area contributed by atoms with Crippen molar-refractivity contribution >= 4 is 5.95 Å². The highest BCUT2D eigenvalue weighted by molar-refractivity contribution is 5.31. The van der Waals surface area contributed by atoms with Gasteiger partial charge >= 0.3 is 0 Å². The lowest BCUT2D eigenvalue weighted by atomic mass is 10.1. The molecule has 0 bridgehead atoms. The summed E-state index contributed by atoms with van der Waals surface area (Å²) in [6, 6.07) is 1.71. The highest BCUT2D eigenvalue weighted by atomic mass is 16.5. The number of tetrazole rings is 1. The molecule has 8 nitrogen and oxygen atoms in total. The molecule has 96 valence electrons. The topological polar surface area (TPSA) is 92.7 Å².